The molecule has 0 aliphatic rings. The molecule has 53 heavy (non-hydrogen) atoms. The molecule has 10 aromatic rings. The molecule has 0 aliphatic carbocycles. The predicted octanol–water partition coefficient (Wildman–Crippen LogP) is 14.0. The Labute approximate surface area is 312 Å². The molecule has 0 spiro atoms. The lowest BCUT2D eigenvalue weighted by atomic mass is 9.92. The highest BCUT2D eigenvalue weighted by Gasteiger charge is 2.17. The van der Waals surface area contributed by atoms with Crippen LogP contribution in [0.15, 0.2) is 194 Å². The van der Waals surface area contributed by atoms with Crippen LogP contribution in [0.3, 0.4) is 0 Å². The number of hydrogen-bond donors (Lipinski definition) is 0. The monoisotopic (exact) mass is 692 g/mol. The quantitative estimate of drug-likeness (QED) is 0.173. The largest absolute Gasteiger partial charge is 0.227 e. The molecule has 0 amide bonds. The summed E-state index contributed by atoms with van der Waals surface area (Å²) in [6.45, 7) is 0. The van der Waals surface area contributed by atoms with E-state index in [1.165, 1.54) is 53.6 Å². The highest BCUT2D eigenvalue weighted by molar-refractivity contribution is 7.26. The predicted molar refractivity (Wildman–Crippen MR) is 225 cm³/mol. The van der Waals surface area contributed by atoms with E-state index in [0.717, 1.165) is 44.7 Å². The van der Waals surface area contributed by atoms with Crippen molar-refractivity contribution in [2.75, 3.05) is 0 Å². The summed E-state index contributed by atoms with van der Waals surface area (Å²) >= 11 is 1.82. The number of nitrogens with zero attached hydrogens (tertiary/aromatic N) is 2. The van der Waals surface area contributed by atoms with E-state index in [-0.39, 0.29) is 0 Å². The molecule has 0 bridgehead atoms. The van der Waals surface area contributed by atoms with Crippen molar-refractivity contribution >= 4 is 42.4 Å². The maximum Gasteiger partial charge on any atom is 0.160 e. The van der Waals surface area contributed by atoms with Crippen LogP contribution in [0.25, 0.3) is 98.2 Å². The lowest BCUT2D eigenvalue weighted by Crippen LogP contribution is -1.96. The fourth-order valence-electron chi connectivity index (χ4n) is 7.45. The van der Waals surface area contributed by atoms with E-state index in [0.29, 0.717) is 0 Å². The van der Waals surface area contributed by atoms with Crippen molar-refractivity contribution in [1.82, 2.24) is 9.97 Å². The molecule has 0 saturated carbocycles. The average Bonchev–Trinajstić information content (AvgIpc) is 3.63. The molecule has 2 aromatic heterocycles. The molecule has 248 valence electrons. The Morgan fingerprint density at radius 1 is 0.302 bits per heavy atom. The molecule has 10 rings (SSSR count). The second kappa shape index (κ2) is 13.1. The highest BCUT2D eigenvalue weighted by atomic mass is 32.1. The maximum absolute atomic E-state index is 5.35. The minimum atomic E-state index is 0.722. The minimum absolute atomic E-state index is 0.722. The summed E-state index contributed by atoms with van der Waals surface area (Å²) in [6.07, 6.45) is 0. The summed E-state index contributed by atoms with van der Waals surface area (Å²) in [7, 11) is 0. The van der Waals surface area contributed by atoms with Gasteiger partial charge in [-0.15, -0.1) is 11.3 Å². The standard InChI is InChI=1S/C50H32N2S/c1-4-14-33(15-5-1)40-30-41(34-16-6-2-7-17-34)32-42(31-40)38-22-12-20-36(28-38)37-21-13-23-39(29-37)50-51-48(35-18-8-3-9-19-35)44-26-27-46-47(49(44)52-50)43-24-10-11-25-45(43)53-46/h1-32H. The molecule has 0 atom stereocenters. The first-order valence-corrected chi connectivity index (χ1v) is 18.7. The van der Waals surface area contributed by atoms with Crippen LogP contribution < -0.4 is 0 Å². The average molecular weight is 693 g/mol. The van der Waals surface area contributed by atoms with E-state index in [9.17, 15) is 0 Å². The zero-order valence-electron chi connectivity index (χ0n) is 28.8. The van der Waals surface area contributed by atoms with Crippen LogP contribution in [0.2, 0.25) is 0 Å². The Bertz CT molecular complexity index is 2870. The fourth-order valence-corrected chi connectivity index (χ4v) is 8.56. The van der Waals surface area contributed by atoms with Crippen molar-refractivity contribution in [2.24, 2.45) is 0 Å². The van der Waals surface area contributed by atoms with Gasteiger partial charge in [-0.25, -0.2) is 9.97 Å². The first-order chi connectivity index (χ1) is 26.2. The van der Waals surface area contributed by atoms with Crippen LogP contribution >= 0.6 is 11.3 Å². The Hall–Kier alpha value is -6.68. The molecule has 0 saturated heterocycles. The van der Waals surface area contributed by atoms with Crippen molar-refractivity contribution < 1.29 is 0 Å². The van der Waals surface area contributed by atoms with Gasteiger partial charge in [0, 0.05) is 36.7 Å². The maximum atomic E-state index is 5.35. The lowest BCUT2D eigenvalue weighted by Gasteiger charge is -2.13. The van der Waals surface area contributed by atoms with Crippen molar-refractivity contribution in [3.63, 3.8) is 0 Å². The Balaban J connectivity index is 1.11. The van der Waals surface area contributed by atoms with Gasteiger partial charge in [-0.05, 0) is 93.0 Å². The van der Waals surface area contributed by atoms with E-state index in [1.54, 1.807) is 0 Å². The summed E-state index contributed by atoms with van der Waals surface area (Å²) in [5.41, 5.74) is 13.4. The molecular formula is C50H32N2S. The Morgan fingerprint density at radius 3 is 1.42 bits per heavy atom. The highest BCUT2D eigenvalue weighted by Crippen LogP contribution is 2.41. The zero-order valence-corrected chi connectivity index (χ0v) is 29.6. The van der Waals surface area contributed by atoms with Crippen LogP contribution in [0.5, 0.6) is 0 Å². The zero-order chi connectivity index (χ0) is 35.1. The normalized spacial score (nSPS) is 11.4. The summed E-state index contributed by atoms with van der Waals surface area (Å²) in [6, 6.07) is 69.2. The van der Waals surface area contributed by atoms with Crippen LogP contribution in [0.4, 0.5) is 0 Å². The van der Waals surface area contributed by atoms with Crippen LogP contribution in [-0.2, 0) is 0 Å². The molecule has 0 aliphatic heterocycles. The number of fused-ring (bicyclic) bond motifs is 5. The molecule has 0 radical (unpaired) electrons. The van der Waals surface area contributed by atoms with E-state index >= 15 is 0 Å². The van der Waals surface area contributed by atoms with Crippen molar-refractivity contribution in [3.05, 3.63) is 194 Å². The first-order valence-electron chi connectivity index (χ1n) is 17.9. The Kier molecular flexibility index (Phi) is 7.71. The summed E-state index contributed by atoms with van der Waals surface area (Å²) in [4.78, 5) is 10.6. The third-order valence-electron chi connectivity index (χ3n) is 10.1. The van der Waals surface area contributed by atoms with E-state index < -0.39 is 0 Å². The smallest absolute Gasteiger partial charge is 0.160 e. The number of benzene rings is 8. The molecule has 2 nitrogen and oxygen atoms in total. The first kappa shape index (κ1) is 31.1. The van der Waals surface area contributed by atoms with Gasteiger partial charge in [0.2, 0.25) is 0 Å². The number of rotatable bonds is 6. The van der Waals surface area contributed by atoms with Crippen LogP contribution in [-0.4, -0.2) is 9.97 Å². The van der Waals surface area contributed by atoms with Crippen LogP contribution in [0.1, 0.15) is 0 Å². The van der Waals surface area contributed by atoms with Crippen molar-refractivity contribution in [2.45, 2.75) is 0 Å². The third-order valence-corrected chi connectivity index (χ3v) is 11.2. The summed E-state index contributed by atoms with van der Waals surface area (Å²) in [5, 5.41) is 3.49. The topological polar surface area (TPSA) is 25.8 Å². The van der Waals surface area contributed by atoms with Gasteiger partial charge < -0.3 is 0 Å². The van der Waals surface area contributed by atoms with Gasteiger partial charge in [-0.2, -0.15) is 0 Å². The Morgan fingerprint density at radius 2 is 0.774 bits per heavy atom. The molecule has 0 unspecified atom stereocenters. The molecule has 0 N–H and O–H groups in total. The molecule has 3 heteroatoms. The molecular weight excluding hydrogens is 661 g/mol. The van der Waals surface area contributed by atoms with Gasteiger partial charge in [-0.1, -0.05) is 146 Å². The van der Waals surface area contributed by atoms with E-state index in [4.69, 9.17) is 9.97 Å². The number of hydrogen-bond acceptors (Lipinski definition) is 3. The molecule has 8 aromatic carbocycles. The van der Waals surface area contributed by atoms with Gasteiger partial charge in [0.25, 0.3) is 0 Å². The van der Waals surface area contributed by atoms with Gasteiger partial charge >= 0.3 is 0 Å². The van der Waals surface area contributed by atoms with Gasteiger partial charge in [0.1, 0.15) is 0 Å². The van der Waals surface area contributed by atoms with Gasteiger partial charge in [0.05, 0.1) is 11.2 Å². The summed E-state index contributed by atoms with van der Waals surface area (Å²) < 4.78 is 2.50. The number of thiophene rings is 1. The van der Waals surface area contributed by atoms with Gasteiger partial charge in [-0.3, -0.25) is 0 Å². The fraction of sp³-hybridized carbons (Fsp3) is 0. The van der Waals surface area contributed by atoms with Crippen LogP contribution in [0, 0.1) is 0 Å². The van der Waals surface area contributed by atoms with E-state index in [1.807, 2.05) is 11.3 Å². The van der Waals surface area contributed by atoms with Crippen molar-refractivity contribution in [1.29, 1.82) is 0 Å². The summed E-state index contributed by atoms with van der Waals surface area (Å²) in [5.74, 6) is 0.722. The molecule has 2 heterocycles. The minimum Gasteiger partial charge on any atom is -0.227 e. The number of aromatic nitrogens is 2. The third kappa shape index (κ3) is 5.78. The van der Waals surface area contributed by atoms with Crippen molar-refractivity contribution in [3.8, 4) is 67.2 Å². The van der Waals surface area contributed by atoms with Gasteiger partial charge in [0.15, 0.2) is 5.82 Å². The SMILES string of the molecule is c1ccc(-c2cc(-c3ccccc3)cc(-c3cccc(-c4cccc(-c5nc(-c6ccccc6)c6ccc7sc8ccccc8c7c6n5)c4)c3)c2)cc1. The molecule has 0 fully saturated rings. The second-order valence-electron chi connectivity index (χ2n) is 13.4. The lowest BCUT2D eigenvalue weighted by molar-refractivity contribution is 1.23. The van der Waals surface area contributed by atoms with E-state index in [2.05, 4.69) is 194 Å². The second-order valence-corrected chi connectivity index (χ2v) is 14.5.